The molecule has 0 aliphatic rings. The van der Waals surface area contributed by atoms with E-state index in [0.29, 0.717) is 28.8 Å². The summed E-state index contributed by atoms with van der Waals surface area (Å²) >= 11 is 0. The Balaban J connectivity index is 1.76. The smallest absolute Gasteiger partial charge is 0.265 e. The molecule has 0 aliphatic heterocycles. The summed E-state index contributed by atoms with van der Waals surface area (Å²) in [6.45, 7) is 3.76. The Labute approximate surface area is 179 Å². The first-order chi connectivity index (χ1) is 14.9. The number of aromatic nitrogens is 2. The molecule has 2 aromatic carbocycles. The lowest BCUT2D eigenvalue weighted by Crippen LogP contribution is -2.30. The summed E-state index contributed by atoms with van der Waals surface area (Å²) in [5.74, 6) is -0.637. The van der Waals surface area contributed by atoms with Crippen molar-refractivity contribution in [2.75, 3.05) is 5.32 Å². The van der Waals surface area contributed by atoms with E-state index in [9.17, 15) is 14.4 Å². The Bertz CT molecular complexity index is 1350. The van der Waals surface area contributed by atoms with E-state index in [-0.39, 0.29) is 11.3 Å². The van der Waals surface area contributed by atoms with E-state index in [1.54, 1.807) is 42.6 Å². The zero-order valence-electron chi connectivity index (χ0n) is 17.3. The van der Waals surface area contributed by atoms with Crippen molar-refractivity contribution in [1.29, 1.82) is 0 Å². The maximum absolute atomic E-state index is 13.3. The second kappa shape index (κ2) is 8.36. The monoisotopic (exact) mass is 411 g/mol. The summed E-state index contributed by atoms with van der Waals surface area (Å²) in [7, 11) is 0. The van der Waals surface area contributed by atoms with Crippen molar-refractivity contribution in [3.05, 3.63) is 106 Å². The van der Waals surface area contributed by atoms with Gasteiger partial charge in [0.1, 0.15) is 11.2 Å². The molecule has 2 aromatic heterocycles. The van der Waals surface area contributed by atoms with E-state index in [4.69, 9.17) is 0 Å². The lowest BCUT2D eigenvalue weighted by molar-refractivity contribution is 0.101. The maximum Gasteiger partial charge on any atom is 0.265 e. The van der Waals surface area contributed by atoms with Gasteiger partial charge in [-0.3, -0.25) is 19.0 Å². The summed E-state index contributed by atoms with van der Waals surface area (Å²) in [4.78, 5) is 42.2. The zero-order valence-corrected chi connectivity index (χ0v) is 17.3. The fraction of sp³-hybridized carbons (Fsp3) is 0.120. The van der Waals surface area contributed by atoms with Crippen LogP contribution < -0.4 is 10.9 Å². The number of hydrogen-bond acceptors (Lipinski definition) is 4. The molecule has 4 aromatic rings. The lowest BCUT2D eigenvalue weighted by atomic mass is 10.1. The van der Waals surface area contributed by atoms with Gasteiger partial charge in [0, 0.05) is 22.8 Å². The molecule has 0 saturated heterocycles. The maximum atomic E-state index is 13.3. The van der Waals surface area contributed by atoms with Crippen molar-refractivity contribution in [3.63, 3.8) is 0 Å². The average molecular weight is 411 g/mol. The highest BCUT2D eigenvalue weighted by atomic mass is 16.2. The number of carbonyl (C=O) groups excluding carboxylic acids is 2. The molecule has 0 aliphatic carbocycles. The molecule has 0 spiro atoms. The second-order valence-electron chi connectivity index (χ2n) is 7.44. The van der Waals surface area contributed by atoms with Gasteiger partial charge in [0.15, 0.2) is 5.78 Å². The Hall–Kier alpha value is -4.06. The molecule has 1 N–H and O–H groups in total. The lowest BCUT2D eigenvalue weighted by Gasteiger charge is -2.13. The van der Waals surface area contributed by atoms with E-state index in [2.05, 4.69) is 10.3 Å². The van der Waals surface area contributed by atoms with Crippen LogP contribution in [0.5, 0.6) is 0 Å². The number of anilines is 1. The van der Waals surface area contributed by atoms with E-state index >= 15 is 0 Å². The highest BCUT2D eigenvalue weighted by molar-refractivity contribution is 6.06. The molecule has 6 heteroatoms. The van der Waals surface area contributed by atoms with Crippen LogP contribution in [-0.2, 0) is 6.54 Å². The number of nitrogens with zero attached hydrogens (tertiary/aromatic N) is 2. The third-order valence-corrected chi connectivity index (χ3v) is 5.08. The molecular formula is C25H21N3O3. The number of hydrogen-bond donors (Lipinski definition) is 1. The molecule has 154 valence electrons. The first-order valence-electron chi connectivity index (χ1n) is 9.89. The predicted molar refractivity (Wildman–Crippen MR) is 121 cm³/mol. The van der Waals surface area contributed by atoms with E-state index < -0.39 is 11.5 Å². The van der Waals surface area contributed by atoms with Crippen molar-refractivity contribution >= 4 is 28.4 Å². The first kappa shape index (κ1) is 20.2. The summed E-state index contributed by atoms with van der Waals surface area (Å²) in [6, 6.07) is 19.6. The van der Waals surface area contributed by atoms with Gasteiger partial charge in [-0.1, -0.05) is 42.0 Å². The molecule has 31 heavy (non-hydrogen) atoms. The van der Waals surface area contributed by atoms with Crippen LogP contribution in [-0.4, -0.2) is 21.2 Å². The van der Waals surface area contributed by atoms with Crippen molar-refractivity contribution in [1.82, 2.24) is 9.55 Å². The van der Waals surface area contributed by atoms with Crippen LogP contribution in [0.1, 0.15) is 38.8 Å². The first-order valence-corrected chi connectivity index (χ1v) is 9.89. The van der Waals surface area contributed by atoms with Gasteiger partial charge in [0.05, 0.1) is 6.54 Å². The number of ketones is 1. The van der Waals surface area contributed by atoms with Gasteiger partial charge in [-0.25, -0.2) is 4.98 Å². The van der Waals surface area contributed by atoms with Crippen molar-refractivity contribution in [2.45, 2.75) is 20.4 Å². The van der Waals surface area contributed by atoms with Crippen molar-refractivity contribution < 1.29 is 9.59 Å². The quantitative estimate of drug-likeness (QED) is 0.499. The second-order valence-corrected chi connectivity index (χ2v) is 7.44. The molecule has 0 radical (unpaired) electrons. The Kier molecular flexibility index (Phi) is 5.45. The highest BCUT2D eigenvalue weighted by Crippen LogP contribution is 2.16. The molecule has 6 nitrogen and oxygen atoms in total. The number of pyridine rings is 2. The van der Waals surface area contributed by atoms with Crippen LogP contribution in [0.2, 0.25) is 0 Å². The fourth-order valence-corrected chi connectivity index (χ4v) is 3.41. The molecule has 1 amide bonds. The Morgan fingerprint density at radius 2 is 1.77 bits per heavy atom. The minimum absolute atomic E-state index is 0.0147. The minimum atomic E-state index is -0.533. The largest absolute Gasteiger partial charge is 0.322 e. The standard InChI is InChI=1S/C25H21N3O3/c1-16-8-10-18(11-9-16)15-28-23-20(6-4-12-26-23)14-22(25(28)31)24(30)27-21-7-3-5-19(13-21)17(2)29/h3-14H,15H2,1-2H3,(H,27,30). The van der Waals surface area contributed by atoms with Crippen LogP contribution in [0, 0.1) is 6.92 Å². The van der Waals surface area contributed by atoms with Gasteiger partial charge in [-0.05, 0) is 49.7 Å². The predicted octanol–water partition coefficient (Wildman–Crippen LogP) is 4.21. The minimum Gasteiger partial charge on any atom is -0.322 e. The van der Waals surface area contributed by atoms with Crippen LogP contribution in [0.25, 0.3) is 11.0 Å². The van der Waals surface area contributed by atoms with Crippen LogP contribution in [0.3, 0.4) is 0 Å². The van der Waals surface area contributed by atoms with Gasteiger partial charge in [0.25, 0.3) is 11.5 Å². The third kappa shape index (κ3) is 4.28. The number of fused-ring (bicyclic) bond motifs is 1. The molecule has 0 fully saturated rings. The summed E-state index contributed by atoms with van der Waals surface area (Å²) in [5, 5.41) is 3.42. The van der Waals surface area contributed by atoms with E-state index in [1.165, 1.54) is 11.5 Å². The molecule has 2 heterocycles. The van der Waals surface area contributed by atoms with Crippen LogP contribution in [0.4, 0.5) is 5.69 Å². The zero-order chi connectivity index (χ0) is 22.0. The summed E-state index contributed by atoms with van der Waals surface area (Å²) in [6.07, 6.45) is 1.63. The molecule has 0 unspecified atom stereocenters. The number of amides is 1. The number of benzene rings is 2. The Morgan fingerprint density at radius 1 is 1.00 bits per heavy atom. The highest BCUT2D eigenvalue weighted by Gasteiger charge is 2.17. The van der Waals surface area contributed by atoms with Crippen LogP contribution >= 0.6 is 0 Å². The normalized spacial score (nSPS) is 10.8. The number of carbonyl (C=O) groups is 2. The van der Waals surface area contributed by atoms with E-state index in [1.807, 2.05) is 37.3 Å². The molecule has 0 atom stereocenters. The molecule has 0 bridgehead atoms. The van der Waals surface area contributed by atoms with Gasteiger partial charge in [0.2, 0.25) is 0 Å². The molecular weight excluding hydrogens is 390 g/mol. The van der Waals surface area contributed by atoms with E-state index in [0.717, 1.165) is 11.1 Å². The number of Topliss-reactive ketones (excluding diaryl/α,β-unsaturated/α-hetero) is 1. The van der Waals surface area contributed by atoms with Gasteiger partial charge in [-0.2, -0.15) is 0 Å². The summed E-state index contributed by atoms with van der Waals surface area (Å²) < 4.78 is 1.51. The summed E-state index contributed by atoms with van der Waals surface area (Å²) in [5.41, 5.74) is 3.10. The third-order valence-electron chi connectivity index (χ3n) is 5.08. The van der Waals surface area contributed by atoms with Crippen LogP contribution in [0.15, 0.2) is 77.7 Å². The van der Waals surface area contributed by atoms with Gasteiger partial charge in [-0.15, -0.1) is 0 Å². The number of rotatable bonds is 5. The van der Waals surface area contributed by atoms with Crippen molar-refractivity contribution in [3.8, 4) is 0 Å². The number of aryl methyl sites for hydroxylation is 1. The number of nitrogens with one attached hydrogen (secondary N) is 1. The van der Waals surface area contributed by atoms with Crippen molar-refractivity contribution in [2.24, 2.45) is 0 Å². The van der Waals surface area contributed by atoms with Gasteiger partial charge < -0.3 is 5.32 Å². The van der Waals surface area contributed by atoms with Gasteiger partial charge >= 0.3 is 0 Å². The fourth-order valence-electron chi connectivity index (χ4n) is 3.41. The Morgan fingerprint density at radius 3 is 2.52 bits per heavy atom. The SMILES string of the molecule is CC(=O)c1cccc(NC(=O)c2cc3cccnc3n(Cc3ccc(C)cc3)c2=O)c1. The average Bonchev–Trinajstić information content (AvgIpc) is 2.77. The molecule has 4 rings (SSSR count). The molecule has 0 saturated carbocycles. The topological polar surface area (TPSA) is 81.1 Å².